The van der Waals surface area contributed by atoms with Crippen LogP contribution in [0, 0.1) is 11.3 Å². The maximum absolute atomic E-state index is 9.49. The van der Waals surface area contributed by atoms with E-state index in [0.29, 0.717) is 0 Å². The van der Waals surface area contributed by atoms with E-state index in [1.807, 2.05) is 6.07 Å². The molecule has 0 spiro atoms. The van der Waals surface area contributed by atoms with Crippen molar-refractivity contribution in [2.75, 3.05) is 4.90 Å². The van der Waals surface area contributed by atoms with Crippen molar-refractivity contribution in [3.8, 4) is 6.07 Å². The van der Waals surface area contributed by atoms with Gasteiger partial charge in [0.05, 0.1) is 12.1 Å². The van der Waals surface area contributed by atoms with Gasteiger partial charge in [-0.15, -0.1) is 0 Å². The lowest BCUT2D eigenvalue weighted by molar-refractivity contribution is 0.553. The maximum atomic E-state index is 9.49. The molecule has 3 rings (SSSR count). The first-order chi connectivity index (χ1) is 9.81. The van der Waals surface area contributed by atoms with E-state index in [1.54, 1.807) is 0 Å². The molecule has 0 radical (unpaired) electrons. The summed E-state index contributed by atoms with van der Waals surface area (Å²) in [4.78, 5) is 2.27. The van der Waals surface area contributed by atoms with Crippen LogP contribution in [0.1, 0.15) is 30.5 Å². The molecule has 2 aromatic carbocycles. The van der Waals surface area contributed by atoms with E-state index in [-0.39, 0.29) is 12.1 Å². The molecule has 1 aliphatic heterocycles. The number of fused-ring (bicyclic) bond motifs is 1. The number of aryl methyl sites for hydroxylation is 1. The van der Waals surface area contributed by atoms with Crippen molar-refractivity contribution in [1.29, 1.82) is 5.26 Å². The number of hydrogen-bond donors (Lipinski definition) is 0. The third-order valence-corrected chi connectivity index (χ3v) is 4.14. The number of para-hydroxylation sites is 1. The fraction of sp³-hybridized carbons (Fsp3) is 0.278. The van der Waals surface area contributed by atoms with Gasteiger partial charge in [0.15, 0.2) is 0 Å². The van der Waals surface area contributed by atoms with E-state index in [2.05, 4.69) is 66.4 Å². The van der Waals surface area contributed by atoms with Crippen molar-refractivity contribution in [3.63, 3.8) is 0 Å². The maximum Gasteiger partial charge on any atom is 0.117 e. The molecule has 0 aromatic heterocycles. The van der Waals surface area contributed by atoms with Gasteiger partial charge in [0.1, 0.15) is 6.04 Å². The lowest BCUT2D eigenvalue weighted by atomic mass is 9.93. The van der Waals surface area contributed by atoms with Crippen LogP contribution in [0.4, 0.5) is 5.69 Å². The molecule has 0 fully saturated rings. The first-order valence-electron chi connectivity index (χ1n) is 7.12. The molecular weight excluding hydrogens is 244 g/mol. The fourth-order valence-electron chi connectivity index (χ4n) is 3.07. The van der Waals surface area contributed by atoms with Crippen LogP contribution in [0.15, 0.2) is 54.6 Å². The highest BCUT2D eigenvalue weighted by Crippen LogP contribution is 2.36. The Morgan fingerprint density at radius 2 is 1.80 bits per heavy atom. The van der Waals surface area contributed by atoms with Gasteiger partial charge < -0.3 is 4.90 Å². The number of rotatable bonds is 2. The van der Waals surface area contributed by atoms with Crippen LogP contribution in [-0.4, -0.2) is 6.04 Å². The first kappa shape index (κ1) is 12.7. The second-order valence-corrected chi connectivity index (χ2v) is 5.31. The van der Waals surface area contributed by atoms with Gasteiger partial charge >= 0.3 is 0 Å². The molecule has 0 saturated carbocycles. The second kappa shape index (κ2) is 5.38. The number of nitrogens with zero attached hydrogens (tertiary/aromatic N) is 2. The third-order valence-electron chi connectivity index (χ3n) is 4.14. The Labute approximate surface area is 120 Å². The Balaban J connectivity index is 2.03. The van der Waals surface area contributed by atoms with E-state index < -0.39 is 0 Å². The zero-order valence-electron chi connectivity index (χ0n) is 11.7. The molecular formula is C18H18N2. The second-order valence-electron chi connectivity index (χ2n) is 5.31. The summed E-state index contributed by atoms with van der Waals surface area (Å²) in [5.74, 6) is 0. The molecule has 2 atom stereocenters. The zero-order chi connectivity index (χ0) is 13.9. The number of anilines is 1. The molecule has 0 aliphatic carbocycles. The van der Waals surface area contributed by atoms with Gasteiger partial charge in [-0.05, 0) is 37.0 Å². The largest absolute Gasteiger partial charge is 0.349 e. The summed E-state index contributed by atoms with van der Waals surface area (Å²) in [7, 11) is 0. The predicted molar refractivity (Wildman–Crippen MR) is 81.5 cm³/mol. The molecule has 0 amide bonds. The molecule has 0 saturated heterocycles. The van der Waals surface area contributed by atoms with E-state index in [0.717, 1.165) is 12.8 Å². The van der Waals surface area contributed by atoms with Crippen molar-refractivity contribution < 1.29 is 0 Å². The molecule has 2 heteroatoms. The van der Waals surface area contributed by atoms with Gasteiger partial charge in [-0.25, -0.2) is 0 Å². The predicted octanol–water partition coefficient (Wildman–Crippen LogP) is 4.09. The normalized spacial score (nSPS) is 19.0. The summed E-state index contributed by atoms with van der Waals surface area (Å²) in [5.41, 5.74) is 3.81. The van der Waals surface area contributed by atoms with E-state index in [1.165, 1.54) is 16.8 Å². The number of hydrogen-bond acceptors (Lipinski definition) is 2. The lowest BCUT2D eigenvalue weighted by Gasteiger charge is -2.40. The van der Waals surface area contributed by atoms with E-state index in [9.17, 15) is 5.26 Å². The first-order valence-corrected chi connectivity index (χ1v) is 7.12. The quantitative estimate of drug-likeness (QED) is 0.815. The van der Waals surface area contributed by atoms with Crippen molar-refractivity contribution in [3.05, 3.63) is 65.7 Å². The molecule has 0 bridgehead atoms. The fourth-order valence-corrected chi connectivity index (χ4v) is 3.07. The van der Waals surface area contributed by atoms with Gasteiger partial charge in [-0.1, -0.05) is 48.5 Å². The Hall–Kier alpha value is -2.27. The van der Waals surface area contributed by atoms with E-state index in [4.69, 9.17) is 0 Å². The molecule has 0 N–H and O–H groups in total. The van der Waals surface area contributed by atoms with Gasteiger partial charge in [0.2, 0.25) is 0 Å². The van der Waals surface area contributed by atoms with Crippen LogP contribution in [0.3, 0.4) is 0 Å². The average Bonchev–Trinajstić information content (AvgIpc) is 2.54. The van der Waals surface area contributed by atoms with Crippen LogP contribution in [-0.2, 0) is 6.42 Å². The van der Waals surface area contributed by atoms with Crippen molar-refractivity contribution in [2.24, 2.45) is 0 Å². The van der Waals surface area contributed by atoms with Gasteiger partial charge in [-0.2, -0.15) is 5.26 Å². The Morgan fingerprint density at radius 3 is 2.55 bits per heavy atom. The summed E-state index contributed by atoms with van der Waals surface area (Å²) in [6.45, 7) is 2.18. The van der Waals surface area contributed by atoms with Crippen molar-refractivity contribution >= 4 is 5.69 Å². The van der Waals surface area contributed by atoms with Crippen molar-refractivity contribution in [2.45, 2.75) is 31.8 Å². The van der Waals surface area contributed by atoms with Crippen LogP contribution in [0.2, 0.25) is 0 Å². The molecule has 20 heavy (non-hydrogen) atoms. The number of nitriles is 1. The lowest BCUT2D eigenvalue weighted by Crippen LogP contribution is -2.40. The molecule has 0 unspecified atom stereocenters. The topological polar surface area (TPSA) is 27.0 Å². The molecule has 1 aliphatic rings. The van der Waals surface area contributed by atoms with Crippen molar-refractivity contribution in [1.82, 2.24) is 0 Å². The summed E-state index contributed by atoms with van der Waals surface area (Å²) in [6.07, 6.45) is 1.90. The van der Waals surface area contributed by atoms with Gasteiger partial charge in [-0.3, -0.25) is 0 Å². The molecule has 1 heterocycles. The highest BCUT2D eigenvalue weighted by molar-refractivity contribution is 5.59. The highest BCUT2D eigenvalue weighted by atomic mass is 15.2. The van der Waals surface area contributed by atoms with Crippen LogP contribution in [0.5, 0.6) is 0 Å². The summed E-state index contributed by atoms with van der Waals surface area (Å²) < 4.78 is 0. The Kier molecular flexibility index (Phi) is 3.43. The van der Waals surface area contributed by atoms with E-state index >= 15 is 0 Å². The van der Waals surface area contributed by atoms with Gasteiger partial charge in [0.25, 0.3) is 0 Å². The molecule has 2 aromatic rings. The van der Waals surface area contributed by atoms with Crippen LogP contribution >= 0.6 is 0 Å². The monoisotopic (exact) mass is 262 g/mol. The minimum atomic E-state index is -0.0416. The summed E-state index contributed by atoms with van der Waals surface area (Å²) in [5, 5.41) is 9.49. The summed E-state index contributed by atoms with van der Waals surface area (Å²) in [6, 6.07) is 21.5. The SMILES string of the molecule is C[C@@H](c1ccccc1)N1c2ccccc2CC[C@H]1C#N. The smallest absolute Gasteiger partial charge is 0.117 e. The van der Waals surface area contributed by atoms with Crippen LogP contribution < -0.4 is 4.90 Å². The van der Waals surface area contributed by atoms with Gasteiger partial charge in [0, 0.05) is 5.69 Å². The third kappa shape index (κ3) is 2.16. The minimum Gasteiger partial charge on any atom is -0.349 e. The standard InChI is InChI=1S/C18H18N2/c1-14(15-7-3-2-4-8-15)20-17(13-19)12-11-16-9-5-6-10-18(16)20/h2-10,14,17H,11-12H2,1H3/t14-,17-/m0/s1. The minimum absolute atomic E-state index is 0.0416. The molecule has 100 valence electrons. The Morgan fingerprint density at radius 1 is 1.10 bits per heavy atom. The van der Waals surface area contributed by atoms with Crippen LogP contribution in [0.25, 0.3) is 0 Å². The molecule has 2 nitrogen and oxygen atoms in total. The number of benzene rings is 2. The highest BCUT2D eigenvalue weighted by Gasteiger charge is 2.29. The average molecular weight is 262 g/mol. The Bertz CT molecular complexity index is 627. The zero-order valence-corrected chi connectivity index (χ0v) is 11.7. The summed E-state index contributed by atoms with van der Waals surface area (Å²) >= 11 is 0.